The van der Waals surface area contributed by atoms with E-state index in [4.69, 9.17) is 4.74 Å². The van der Waals surface area contributed by atoms with Gasteiger partial charge >= 0.3 is 0 Å². The number of carbonyl (C=O) groups is 1. The highest BCUT2D eigenvalue weighted by Gasteiger charge is 2.04. The fraction of sp³-hybridized carbons (Fsp3) is 0.250. The van der Waals surface area contributed by atoms with Crippen LogP contribution in [0.1, 0.15) is 12.0 Å². The Kier molecular flexibility index (Phi) is 5.16. The number of nitrogens with one attached hydrogen (secondary N) is 1. The standard InChI is InChI=1S/C20H22N2O2/c1-24-18-7-4-5-16(15-18)9-12-21-20(23)11-14-22-13-10-17-6-2-3-8-19(17)22/h2-8,10,13,15H,9,11-12,14H2,1H3,(H,21,23). The number of ether oxygens (including phenoxy) is 1. The normalized spacial score (nSPS) is 10.7. The van der Waals surface area contributed by atoms with Crippen LogP contribution in [0.5, 0.6) is 5.75 Å². The van der Waals surface area contributed by atoms with Gasteiger partial charge in [0, 0.05) is 31.2 Å². The van der Waals surface area contributed by atoms with Crippen LogP contribution in [-0.4, -0.2) is 24.1 Å². The van der Waals surface area contributed by atoms with Crippen molar-refractivity contribution in [1.29, 1.82) is 0 Å². The molecule has 0 radical (unpaired) electrons. The van der Waals surface area contributed by atoms with Crippen LogP contribution in [0, 0.1) is 0 Å². The molecule has 0 bridgehead atoms. The van der Waals surface area contributed by atoms with Crippen molar-refractivity contribution < 1.29 is 9.53 Å². The Bertz CT molecular complexity index is 823. The molecule has 0 fully saturated rings. The van der Waals surface area contributed by atoms with Crippen LogP contribution >= 0.6 is 0 Å². The molecule has 4 heteroatoms. The molecule has 4 nitrogen and oxygen atoms in total. The molecule has 0 saturated heterocycles. The third kappa shape index (κ3) is 3.96. The minimum Gasteiger partial charge on any atom is -0.497 e. The van der Waals surface area contributed by atoms with Crippen LogP contribution in [-0.2, 0) is 17.8 Å². The summed E-state index contributed by atoms with van der Waals surface area (Å²) >= 11 is 0. The largest absolute Gasteiger partial charge is 0.497 e. The van der Waals surface area contributed by atoms with Gasteiger partial charge in [0.05, 0.1) is 7.11 Å². The van der Waals surface area contributed by atoms with E-state index in [-0.39, 0.29) is 5.91 Å². The van der Waals surface area contributed by atoms with Gasteiger partial charge in [-0.05, 0) is 41.6 Å². The van der Waals surface area contributed by atoms with Gasteiger partial charge in [-0.1, -0.05) is 30.3 Å². The number of aromatic nitrogens is 1. The molecule has 0 aliphatic carbocycles. The van der Waals surface area contributed by atoms with Crippen LogP contribution in [0.4, 0.5) is 0 Å². The van der Waals surface area contributed by atoms with Gasteiger partial charge in [0.25, 0.3) is 0 Å². The molecule has 1 aromatic heterocycles. The number of fused-ring (bicyclic) bond motifs is 1. The molecule has 2 aromatic carbocycles. The van der Waals surface area contributed by atoms with E-state index < -0.39 is 0 Å². The number of para-hydroxylation sites is 1. The highest BCUT2D eigenvalue weighted by molar-refractivity contribution is 5.80. The van der Waals surface area contributed by atoms with Crippen molar-refractivity contribution in [3.63, 3.8) is 0 Å². The Hall–Kier alpha value is -2.75. The summed E-state index contributed by atoms with van der Waals surface area (Å²) < 4.78 is 7.33. The number of amides is 1. The molecular formula is C20H22N2O2. The topological polar surface area (TPSA) is 43.3 Å². The maximum absolute atomic E-state index is 12.0. The molecule has 0 aliphatic rings. The first-order valence-corrected chi connectivity index (χ1v) is 8.20. The lowest BCUT2D eigenvalue weighted by Gasteiger charge is -2.08. The number of methoxy groups -OCH3 is 1. The minimum atomic E-state index is 0.0793. The molecule has 24 heavy (non-hydrogen) atoms. The molecule has 0 aliphatic heterocycles. The maximum Gasteiger partial charge on any atom is 0.221 e. The first-order chi connectivity index (χ1) is 11.8. The Labute approximate surface area is 142 Å². The zero-order valence-corrected chi connectivity index (χ0v) is 13.9. The van der Waals surface area contributed by atoms with E-state index >= 15 is 0 Å². The van der Waals surface area contributed by atoms with E-state index in [2.05, 4.69) is 28.1 Å². The second-order valence-corrected chi connectivity index (χ2v) is 5.77. The fourth-order valence-electron chi connectivity index (χ4n) is 2.82. The second-order valence-electron chi connectivity index (χ2n) is 5.77. The van der Waals surface area contributed by atoms with Gasteiger partial charge in [0.15, 0.2) is 0 Å². The van der Waals surface area contributed by atoms with E-state index in [0.29, 0.717) is 19.5 Å². The summed E-state index contributed by atoms with van der Waals surface area (Å²) in [6.07, 6.45) is 3.32. The molecule has 3 rings (SSSR count). The predicted molar refractivity (Wildman–Crippen MR) is 96.3 cm³/mol. The molecule has 1 N–H and O–H groups in total. The minimum absolute atomic E-state index is 0.0793. The van der Waals surface area contributed by atoms with E-state index in [1.165, 1.54) is 10.9 Å². The Morgan fingerprint density at radius 2 is 2.00 bits per heavy atom. The predicted octanol–water partition coefficient (Wildman–Crippen LogP) is 3.40. The third-order valence-corrected chi connectivity index (χ3v) is 4.13. The van der Waals surface area contributed by atoms with Crippen molar-refractivity contribution in [2.75, 3.05) is 13.7 Å². The van der Waals surface area contributed by atoms with Crippen molar-refractivity contribution in [3.8, 4) is 5.75 Å². The summed E-state index contributed by atoms with van der Waals surface area (Å²) in [5, 5.41) is 4.19. The zero-order valence-electron chi connectivity index (χ0n) is 13.9. The zero-order chi connectivity index (χ0) is 16.8. The van der Waals surface area contributed by atoms with Gasteiger partial charge in [-0.15, -0.1) is 0 Å². The number of carbonyl (C=O) groups excluding carboxylic acids is 1. The number of rotatable bonds is 7. The molecule has 1 amide bonds. The van der Waals surface area contributed by atoms with E-state index in [9.17, 15) is 4.79 Å². The molecule has 1 heterocycles. The molecule has 0 atom stereocenters. The van der Waals surface area contributed by atoms with E-state index in [0.717, 1.165) is 17.7 Å². The van der Waals surface area contributed by atoms with Gasteiger partial charge in [-0.3, -0.25) is 4.79 Å². The molecule has 0 saturated carbocycles. The molecular weight excluding hydrogens is 300 g/mol. The van der Waals surface area contributed by atoms with Crippen molar-refractivity contribution in [3.05, 3.63) is 66.4 Å². The smallest absolute Gasteiger partial charge is 0.221 e. The van der Waals surface area contributed by atoms with Crippen molar-refractivity contribution >= 4 is 16.8 Å². The van der Waals surface area contributed by atoms with Gasteiger partial charge in [-0.25, -0.2) is 0 Å². The quantitative estimate of drug-likeness (QED) is 0.724. The first kappa shape index (κ1) is 16.1. The summed E-state index contributed by atoms with van der Waals surface area (Å²) in [7, 11) is 1.66. The highest BCUT2D eigenvalue weighted by Crippen LogP contribution is 2.15. The van der Waals surface area contributed by atoms with Crippen LogP contribution in [0.3, 0.4) is 0 Å². The summed E-state index contributed by atoms with van der Waals surface area (Å²) in [6, 6.07) is 18.2. The summed E-state index contributed by atoms with van der Waals surface area (Å²) in [4.78, 5) is 12.0. The molecule has 0 unspecified atom stereocenters. The Morgan fingerprint density at radius 1 is 1.12 bits per heavy atom. The summed E-state index contributed by atoms with van der Waals surface area (Å²) in [5.41, 5.74) is 2.33. The van der Waals surface area contributed by atoms with Gasteiger partial charge in [0.2, 0.25) is 5.91 Å². The fourth-order valence-corrected chi connectivity index (χ4v) is 2.82. The molecule has 3 aromatic rings. The highest BCUT2D eigenvalue weighted by atomic mass is 16.5. The number of aryl methyl sites for hydroxylation is 1. The second kappa shape index (κ2) is 7.68. The first-order valence-electron chi connectivity index (χ1n) is 8.20. The van der Waals surface area contributed by atoms with Gasteiger partial charge in [-0.2, -0.15) is 0 Å². The lowest BCUT2D eigenvalue weighted by Crippen LogP contribution is -2.26. The van der Waals surface area contributed by atoms with E-state index in [1.807, 2.05) is 42.6 Å². The lowest BCUT2D eigenvalue weighted by molar-refractivity contribution is -0.121. The van der Waals surface area contributed by atoms with Crippen molar-refractivity contribution in [2.45, 2.75) is 19.4 Å². The number of hydrogen-bond acceptors (Lipinski definition) is 2. The molecule has 0 spiro atoms. The van der Waals surface area contributed by atoms with Gasteiger partial charge < -0.3 is 14.6 Å². The average molecular weight is 322 g/mol. The summed E-state index contributed by atoms with van der Waals surface area (Å²) in [5.74, 6) is 0.925. The van der Waals surface area contributed by atoms with Gasteiger partial charge in [0.1, 0.15) is 5.75 Å². The SMILES string of the molecule is COc1cccc(CCNC(=O)CCn2ccc3ccccc32)c1. The third-order valence-electron chi connectivity index (χ3n) is 4.13. The van der Waals surface area contributed by atoms with Crippen LogP contribution in [0.25, 0.3) is 10.9 Å². The summed E-state index contributed by atoms with van der Waals surface area (Å²) in [6.45, 7) is 1.33. The molecule has 124 valence electrons. The maximum atomic E-state index is 12.0. The lowest BCUT2D eigenvalue weighted by atomic mass is 10.1. The van der Waals surface area contributed by atoms with E-state index in [1.54, 1.807) is 7.11 Å². The Balaban J connectivity index is 1.46. The Morgan fingerprint density at radius 3 is 2.88 bits per heavy atom. The van der Waals surface area contributed by atoms with Crippen molar-refractivity contribution in [2.24, 2.45) is 0 Å². The average Bonchev–Trinajstić information content (AvgIpc) is 3.03. The number of hydrogen-bond donors (Lipinski definition) is 1. The van der Waals surface area contributed by atoms with Crippen LogP contribution in [0.2, 0.25) is 0 Å². The monoisotopic (exact) mass is 322 g/mol. The number of nitrogens with zero attached hydrogens (tertiary/aromatic N) is 1. The van der Waals surface area contributed by atoms with Crippen LogP contribution < -0.4 is 10.1 Å². The van der Waals surface area contributed by atoms with Crippen LogP contribution in [0.15, 0.2) is 60.8 Å². The number of benzene rings is 2. The van der Waals surface area contributed by atoms with Crippen molar-refractivity contribution in [1.82, 2.24) is 9.88 Å².